The molecule has 0 aliphatic carbocycles. The van der Waals surface area contributed by atoms with Crippen LogP contribution in [0.5, 0.6) is 0 Å². The summed E-state index contributed by atoms with van der Waals surface area (Å²) in [7, 11) is 0. The van der Waals surface area contributed by atoms with Crippen molar-refractivity contribution in [2.75, 3.05) is 0 Å². The maximum Gasteiger partial charge on any atom is 0.159 e. The Hall–Kier alpha value is -5.52. The van der Waals surface area contributed by atoms with Crippen LogP contribution in [0.1, 0.15) is 0 Å². The molecule has 0 unspecified atom stereocenters. The number of hydrogen-bond donors (Lipinski definition) is 0. The van der Waals surface area contributed by atoms with E-state index in [9.17, 15) is 0 Å². The molecule has 0 atom stereocenters. The number of rotatable bonds is 3. The molecule has 200 valence electrons. The Balaban J connectivity index is 1.26. The minimum absolute atomic E-state index is 0.675. The van der Waals surface area contributed by atoms with E-state index < -0.39 is 0 Å². The molecular formula is C38H22N4S. The van der Waals surface area contributed by atoms with Gasteiger partial charge in [0.05, 0.1) is 0 Å². The number of benzene rings is 6. The van der Waals surface area contributed by atoms with Crippen molar-refractivity contribution in [1.82, 2.24) is 19.9 Å². The summed E-state index contributed by atoms with van der Waals surface area (Å²) < 4.78 is 2.60. The van der Waals surface area contributed by atoms with Gasteiger partial charge >= 0.3 is 0 Å². The van der Waals surface area contributed by atoms with Gasteiger partial charge in [0.25, 0.3) is 0 Å². The molecule has 0 spiro atoms. The summed E-state index contributed by atoms with van der Waals surface area (Å²) in [6, 6.07) is 42.2. The second-order valence-corrected chi connectivity index (χ2v) is 11.7. The normalized spacial score (nSPS) is 11.7. The average Bonchev–Trinajstić information content (AvgIpc) is 3.47. The van der Waals surface area contributed by atoms with Crippen LogP contribution in [-0.4, -0.2) is 19.9 Å². The van der Waals surface area contributed by atoms with E-state index in [1.54, 1.807) is 0 Å². The largest absolute Gasteiger partial charge is 0.236 e. The SMILES string of the molecule is c1ccc(-c2ncc3c4ccccc4c4cnc(-c5cccc(-c6cccc7c6sc6ccccc67)c5)nc4c3n2)cc1. The molecule has 5 heteroatoms. The smallest absolute Gasteiger partial charge is 0.159 e. The van der Waals surface area contributed by atoms with Crippen molar-refractivity contribution in [3.63, 3.8) is 0 Å². The van der Waals surface area contributed by atoms with Crippen molar-refractivity contribution < 1.29 is 0 Å². The molecular weight excluding hydrogens is 545 g/mol. The third-order valence-corrected chi connectivity index (χ3v) is 9.40. The van der Waals surface area contributed by atoms with Crippen LogP contribution in [0.15, 0.2) is 134 Å². The molecule has 0 saturated carbocycles. The van der Waals surface area contributed by atoms with Crippen LogP contribution in [0.3, 0.4) is 0 Å². The third-order valence-electron chi connectivity index (χ3n) is 8.18. The monoisotopic (exact) mass is 566 g/mol. The summed E-state index contributed by atoms with van der Waals surface area (Å²) in [5.74, 6) is 1.36. The minimum Gasteiger partial charge on any atom is -0.236 e. The van der Waals surface area contributed by atoms with Gasteiger partial charge in [-0.1, -0.05) is 109 Å². The number of aromatic nitrogens is 4. The minimum atomic E-state index is 0.675. The second-order valence-electron chi connectivity index (χ2n) is 10.7. The molecule has 0 fully saturated rings. The standard InChI is InChI=1S/C38H22N4S/c1-2-10-23(11-3-1)37-39-21-31-27-14-4-5-15-28(27)32-22-40-38(42-35(32)34(31)41-37)25-13-8-12-24(20-25)26-17-9-18-30-29-16-6-7-19-33(29)43-36(26)30/h1-22H. The summed E-state index contributed by atoms with van der Waals surface area (Å²) >= 11 is 1.84. The van der Waals surface area contributed by atoms with Crippen LogP contribution in [-0.2, 0) is 0 Å². The molecule has 0 aliphatic heterocycles. The average molecular weight is 567 g/mol. The predicted molar refractivity (Wildman–Crippen MR) is 179 cm³/mol. The van der Waals surface area contributed by atoms with Gasteiger partial charge in [-0.3, -0.25) is 0 Å². The number of thiophene rings is 1. The zero-order valence-corrected chi connectivity index (χ0v) is 23.7. The van der Waals surface area contributed by atoms with Crippen molar-refractivity contribution in [3.8, 4) is 33.9 Å². The van der Waals surface area contributed by atoms with E-state index in [-0.39, 0.29) is 0 Å². The lowest BCUT2D eigenvalue weighted by molar-refractivity contribution is 1.21. The molecule has 6 aromatic carbocycles. The third kappa shape index (κ3) is 3.83. The Morgan fingerprint density at radius 3 is 1.72 bits per heavy atom. The van der Waals surface area contributed by atoms with E-state index >= 15 is 0 Å². The van der Waals surface area contributed by atoms with Gasteiger partial charge in [-0.05, 0) is 34.0 Å². The lowest BCUT2D eigenvalue weighted by Gasteiger charge is -2.11. The Morgan fingerprint density at radius 1 is 0.419 bits per heavy atom. The highest BCUT2D eigenvalue weighted by molar-refractivity contribution is 7.26. The lowest BCUT2D eigenvalue weighted by atomic mass is 10.00. The molecule has 3 aromatic heterocycles. The van der Waals surface area contributed by atoms with Crippen LogP contribution in [0.25, 0.3) is 86.7 Å². The molecule has 0 saturated heterocycles. The summed E-state index contributed by atoms with van der Waals surface area (Å²) in [5.41, 5.74) is 5.97. The Labute approximate surface area is 251 Å². The molecule has 0 N–H and O–H groups in total. The fraction of sp³-hybridized carbons (Fsp3) is 0. The van der Waals surface area contributed by atoms with Gasteiger partial charge < -0.3 is 0 Å². The van der Waals surface area contributed by atoms with E-state index in [1.807, 2.05) is 54.1 Å². The molecule has 9 aromatic rings. The topological polar surface area (TPSA) is 51.6 Å². The van der Waals surface area contributed by atoms with Gasteiger partial charge in [-0.15, -0.1) is 11.3 Å². The van der Waals surface area contributed by atoms with Crippen LogP contribution in [0.2, 0.25) is 0 Å². The van der Waals surface area contributed by atoms with Crippen molar-refractivity contribution in [3.05, 3.63) is 134 Å². The van der Waals surface area contributed by atoms with Crippen molar-refractivity contribution >= 4 is 64.1 Å². The highest BCUT2D eigenvalue weighted by Gasteiger charge is 2.16. The van der Waals surface area contributed by atoms with Gasteiger partial charge in [-0.25, -0.2) is 19.9 Å². The Morgan fingerprint density at radius 2 is 0.977 bits per heavy atom. The van der Waals surface area contributed by atoms with Gasteiger partial charge in [0.1, 0.15) is 11.0 Å². The molecule has 4 nitrogen and oxygen atoms in total. The van der Waals surface area contributed by atoms with E-state index in [1.165, 1.54) is 25.7 Å². The molecule has 9 rings (SSSR count). The van der Waals surface area contributed by atoms with Gasteiger partial charge in [0.2, 0.25) is 0 Å². The van der Waals surface area contributed by atoms with E-state index in [4.69, 9.17) is 19.9 Å². The lowest BCUT2D eigenvalue weighted by Crippen LogP contribution is -1.96. The highest BCUT2D eigenvalue weighted by Crippen LogP contribution is 2.40. The zero-order valence-electron chi connectivity index (χ0n) is 22.9. The Kier molecular flexibility index (Phi) is 5.33. The summed E-state index contributed by atoms with van der Waals surface area (Å²) in [6.07, 6.45) is 3.88. The van der Waals surface area contributed by atoms with Crippen molar-refractivity contribution in [1.29, 1.82) is 0 Å². The highest BCUT2D eigenvalue weighted by atomic mass is 32.1. The van der Waals surface area contributed by atoms with E-state index in [0.29, 0.717) is 11.6 Å². The van der Waals surface area contributed by atoms with Crippen LogP contribution in [0.4, 0.5) is 0 Å². The van der Waals surface area contributed by atoms with E-state index in [0.717, 1.165) is 49.3 Å². The summed E-state index contributed by atoms with van der Waals surface area (Å²) in [6.45, 7) is 0. The predicted octanol–water partition coefficient (Wildman–Crippen LogP) is 10.1. The fourth-order valence-corrected chi connectivity index (χ4v) is 7.38. The maximum absolute atomic E-state index is 5.19. The first-order valence-electron chi connectivity index (χ1n) is 14.2. The number of nitrogens with zero attached hydrogens (tertiary/aromatic N) is 4. The fourth-order valence-electron chi connectivity index (χ4n) is 6.14. The first-order chi connectivity index (χ1) is 21.3. The molecule has 3 heterocycles. The van der Waals surface area contributed by atoms with Crippen LogP contribution in [0, 0.1) is 0 Å². The maximum atomic E-state index is 5.19. The van der Waals surface area contributed by atoms with Crippen molar-refractivity contribution in [2.24, 2.45) is 0 Å². The molecule has 0 bridgehead atoms. The Bertz CT molecular complexity index is 2520. The van der Waals surface area contributed by atoms with Crippen LogP contribution < -0.4 is 0 Å². The number of fused-ring (bicyclic) bond motifs is 9. The molecule has 0 amide bonds. The van der Waals surface area contributed by atoms with Crippen LogP contribution >= 0.6 is 11.3 Å². The zero-order chi connectivity index (χ0) is 28.3. The molecule has 43 heavy (non-hydrogen) atoms. The second kappa shape index (κ2) is 9.51. The van der Waals surface area contributed by atoms with Gasteiger partial charge in [-0.2, -0.15) is 0 Å². The van der Waals surface area contributed by atoms with E-state index in [2.05, 4.69) is 91.0 Å². The first-order valence-corrected chi connectivity index (χ1v) is 15.0. The summed E-state index contributed by atoms with van der Waals surface area (Å²) in [5, 5.41) is 6.75. The molecule has 0 radical (unpaired) electrons. The van der Waals surface area contributed by atoms with Gasteiger partial charge in [0, 0.05) is 54.5 Å². The van der Waals surface area contributed by atoms with Crippen molar-refractivity contribution in [2.45, 2.75) is 0 Å². The molecule has 0 aliphatic rings. The van der Waals surface area contributed by atoms with Gasteiger partial charge in [0.15, 0.2) is 11.6 Å². The first kappa shape index (κ1) is 24.1. The quantitative estimate of drug-likeness (QED) is 0.200. The summed E-state index contributed by atoms with van der Waals surface area (Å²) in [4.78, 5) is 19.9. The number of hydrogen-bond acceptors (Lipinski definition) is 5.